The third-order valence-electron chi connectivity index (χ3n) is 3.22. The van der Waals surface area contributed by atoms with Crippen molar-refractivity contribution in [2.45, 2.75) is 25.0 Å². The van der Waals surface area contributed by atoms with Crippen LogP contribution in [-0.4, -0.2) is 24.0 Å². The van der Waals surface area contributed by atoms with Crippen LogP contribution in [-0.2, 0) is 14.3 Å². The monoisotopic (exact) mass is 250 g/mol. The Morgan fingerprint density at radius 1 is 1.22 bits per heavy atom. The number of anilines is 2. The van der Waals surface area contributed by atoms with Crippen LogP contribution in [0, 0.1) is 5.82 Å². The number of ether oxygens (including phenoxy) is 1. The Hall–Kier alpha value is -1.95. The molecule has 0 spiro atoms. The van der Waals surface area contributed by atoms with Crippen molar-refractivity contribution in [2.24, 2.45) is 0 Å². The summed E-state index contributed by atoms with van der Waals surface area (Å²) in [7, 11) is 0. The maximum absolute atomic E-state index is 13.8. The fourth-order valence-electron chi connectivity index (χ4n) is 2.34. The summed E-state index contributed by atoms with van der Waals surface area (Å²) in [6.07, 6.45) is -0.265. The van der Waals surface area contributed by atoms with Crippen molar-refractivity contribution >= 4 is 23.2 Å². The molecule has 1 aromatic rings. The average molecular weight is 250 g/mol. The summed E-state index contributed by atoms with van der Waals surface area (Å²) in [5.41, 5.74) is 5.63. The highest BCUT2D eigenvalue weighted by Crippen LogP contribution is 2.33. The molecular weight excluding hydrogens is 239 g/mol. The number of morpholine rings is 1. The van der Waals surface area contributed by atoms with Crippen molar-refractivity contribution in [3.05, 3.63) is 24.0 Å². The van der Waals surface area contributed by atoms with E-state index in [-0.39, 0.29) is 11.4 Å². The van der Waals surface area contributed by atoms with Gasteiger partial charge < -0.3 is 10.5 Å². The average Bonchev–Trinajstić information content (AvgIpc) is 2.76. The number of hydrogen-bond donors (Lipinski definition) is 1. The number of rotatable bonds is 1. The van der Waals surface area contributed by atoms with Crippen molar-refractivity contribution in [3.8, 4) is 0 Å². The van der Waals surface area contributed by atoms with Gasteiger partial charge in [-0.15, -0.1) is 0 Å². The van der Waals surface area contributed by atoms with Crippen LogP contribution in [0.3, 0.4) is 0 Å². The third-order valence-corrected chi connectivity index (χ3v) is 3.22. The highest BCUT2D eigenvalue weighted by Gasteiger charge is 2.47. The highest BCUT2D eigenvalue weighted by molar-refractivity contribution is 6.19. The molecule has 2 saturated heterocycles. The van der Waals surface area contributed by atoms with Gasteiger partial charge in [-0.25, -0.2) is 9.29 Å². The van der Waals surface area contributed by atoms with E-state index >= 15 is 0 Å². The van der Waals surface area contributed by atoms with Gasteiger partial charge in [0.1, 0.15) is 18.0 Å². The predicted molar refractivity (Wildman–Crippen MR) is 61.2 cm³/mol. The van der Waals surface area contributed by atoms with Gasteiger partial charge in [-0.1, -0.05) is 0 Å². The largest absolute Gasteiger partial charge is 0.399 e. The number of carbonyl (C=O) groups is 2. The second-order valence-corrected chi connectivity index (χ2v) is 4.41. The fraction of sp³-hybridized carbons (Fsp3) is 0.333. The molecule has 0 saturated carbocycles. The van der Waals surface area contributed by atoms with Crippen LogP contribution in [0.15, 0.2) is 18.2 Å². The van der Waals surface area contributed by atoms with Gasteiger partial charge in [0, 0.05) is 5.69 Å². The number of hydrogen-bond acceptors (Lipinski definition) is 4. The zero-order chi connectivity index (χ0) is 12.9. The molecule has 2 aliphatic rings. The number of carbonyl (C=O) groups excluding carboxylic acids is 2. The van der Waals surface area contributed by atoms with Crippen molar-refractivity contribution in [1.82, 2.24) is 0 Å². The lowest BCUT2D eigenvalue weighted by Crippen LogP contribution is -2.52. The molecular formula is C12H11FN2O3. The number of benzene rings is 1. The van der Waals surface area contributed by atoms with Gasteiger partial charge in [-0.05, 0) is 31.0 Å². The van der Waals surface area contributed by atoms with Crippen molar-refractivity contribution in [1.29, 1.82) is 0 Å². The van der Waals surface area contributed by atoms with E-state index < -0.39 is 29.8 Å². The number of imide groups is 1. The lowest BCUT2D eigenvalue weighted by atomic mass is 10.2. The van der Waals surface area contributed by atoms with E-state index in [2.05, 4.69) is 0 Å². The highest BCUT2D eigenvalue weighted by atomic mass is 19.1. The molecule has 2 amide bonds. The van der Waals surface area contributed by atoms with Crippen LogP contribution in [0.2, 0.25) is 0 Å². The summed E-state index contributed by atoms with van der Waals surface area (Å²) in [4.78, 5) is 24.9. The van der Waals surface area contributed by atoms with Crippen LogP contribution in [0.4, 0.5) is 15.8 Å². The van der Waals surface area contributed by atoms with Gasteiger partial charge in [0.2, 0.25) is 0 Å². The van der Waals surface area contributed by atoms with Crippen LogP contribution in [0.5, 0.6) is 0 Å². The maximum atomic E-state index is 13.8. The summed E-state index contributed by atoms with van der Waals surface area (Å²) >= 11 is 0. The van der Waals surface area contributed by atoms with Crippen molar-refractivity contribution < 1.29 is 18.7 Å². The number of amides is 2. The van der Waals surface area contributed by atoms with Gasteiger partial charge in [0.15, 0.2) is 0 Å². The molecule has 2 N–H and O–H groups in total. The zero-order valence-electron chi connectivity index (χ0n) is 9.43. The minimum atomic E-state index is -0.682. The van der Waals surface area contributed by atoms with E-state index in [4.69, 9.17) is 10.5 Å². The second-order valence-electron chi connectivity index (χ2n) is 4.41. The molecule has 2 heterocycles. The third kappa shape index (κ3) is 1.49. The zero-order valence-corrected chi connectivity index (χ0v) is 9.43. The molecule has 0 aliphatic carbocycles. The van der Waals surface area contributed by atoms with Crippen LogP contribution >= 0.6 is 0 Å². The molecule has 2 bridgehead atoms. The quantitative estimate of drug-likeness (QED) is 0.592. The van der Waals surface area contributed by atoms with Crippen molar-refractivity contribution in [3.63, 3.8) is 0 Å². The van der Waals surface area contributed by atoms with E-state index in [1.54, 1.807) is 0 Å². The molecule has 0 radical (unpaired) electrons. The second kappa shape index (κ2) is 3.78. The molecule has 2 atom stereocenters. The minimum Gasteiger partial charge on any atom is -0.399 e. The normalized spacial score (nSPS) is 26.8. The Balaban J connectivity index is 2.05. The fourth-order valence-corrected chi connectivity index (χ4v) is 2.34. The summed E-state index contributed by atoms with van der Waals surface area (Å²) in [6.45, 7) is 0. The smallest absolute Gasteiger partial charge is 0.263 e. The summed E-state index contributed by atoms with van der Waals surface area (Å²) < 4.78 is 19.0. The Morgan fingerprint density at radius 3 is 2.39 bits per heavy atom. The molecule has 5 nitrogen and oxygen atoms in total. The standard InChI is InChI=1S/C12H11FN2O3/c13-7-5-6(14)1-2-8(7)15-11(16)9-3-4-10(18-9)12(15)17/h1-2,5,9-10H,3-4,14H2. The number of nitrogen functional groups attached to an aromatic ring is 1. The first-order valence-electron chi connectivity index (χ1n) is 5.66. The van der Waals surface area contributed by atoms with Gasteiger partial charge in [-0.3, -0.25) is 9.59 Å². The molecule has 94 valence electrons. The first kappa shape index (κ1) is 11.2. The van der Waals surface area contributed by atoms with E-state index in [0.717, 1.165) is 11.0 Å². The Bertz CT molecular complexity index is 524. The molecule has 1 aromatic carbocycles. The van der Waals surface area contributed by atoms with E-state index in [0.29, 0.717) is 12.8 Å². The number of nitrogens with zero attached hydrogens (tertiary/aromatic N) is 1. The van der Waals surface area contributed by atoms with E-state index in [9.17, 15) is 14.0 Å². The molecule has 0 aromatic heterocycles. The van der Waals surface area contributed by atoms with Crippen LogP contribution < -0.4 is 10.6 Å². The lowest BCUT2D eigenvalue weighted by Gasteiger charge is -2.30. The van der Waals surface area contributed by atoms with Gasteiger partial charge in [0.25, 0.3) is 11.8 Å². The maximum Gasteiger partial charge on any atom is 0.263 e. The lowest BCUT2D eigenvalue weighted by molar-refractivity contribution is -0.146. The van der Waals surface area contributed by atoms with Crippen LogP contribution in [0.1, 0.15) is 12.8 Å². The summed E-state index contributed by atoms with van der Waals surface area (Å²) in [6, 6.07) is 3.88. The first-order chi connectivity index (χ1) is 8.58. The number of nitrogens with two attached hydrogens (primary N) is 1. The Morgan fingerprint density at radius 2 is 1.83 bits per heavy atom. The molecule has 6 heteroatoms. The molecule has 2 fully saturated rings. The van der Waals surface area contributed by atoms with E-state index in [1.165, 1.54) is 12.1 Å². The molecule has 2 unspecified atom stereocenters. The van der Waals surface area contributed by atoms with Crippen molar-refractivity contribution in [2.75, 3.05) is 10.6 Å². The van der Waals surface area contributed by atoms with Gasteiger partial charge in [0.05, 0.1) is 5.69 Å². The molecule has 3 rings (SSSR count). The van der Waals surface area contributed by atoms with E-state index in [1.807, 2.05) is 0 Å². The van der Waals surface area contributed by atoms with Gasteiger partial charge in [-0.2, -0.15) is 0 Å². The first-order valence-corrected chi connectivity index (χ1v) is 5.66. The Labute approximate surface area is 102 Å². The minimum absolute atomic E-state index is 0.0561. The topological polar surface area (TPSA) is 72.6 Å². The summed E-state index contributed by atoms with van der Waals surface area (Å²) in [5.74, 6) is -1.69. The molecule has 18 heavy (non-hydrogen) atoms. The summed E-state index contributed by atoms with van der Waals surface area (Å²) in [5, 5.41) is 0. The Kier molecular flexibility index (Phi) is 2.34. The number of halogens is 1. The molecule has 2 aliphatic heterocycles. The number of fused-ring (bicyclic) bond motifs is 2. The van der Waals surface area contributed by atoms with Crippen LogP contribution in [0.25, 0.3) is 0 Å². The van der Waals surface area contributed by atoms with Gasteiger partial charge >= 0.3 is 0 Å². The SMILES string of the molecule is Nc1ccc(N2C(=O)C3CCC(O3)C2=O)c(F)c1. The predicted octanol–water partition coefficient (Wildman–Crippen LogP) is 0.829.